The highest BCUT2D eigenvalue weighted by molar-refractivity contribution is 6.30. The van der Waals surface area contributed by atoms with E-state index in [0.29, 0.717) is 29.6 Å². The predicted molar refractivity (Wildman–Crippen MR) is 88.9 cm³/mol. The lowest BCUT2D eigenvalue weighted by Crippen LogP contribution is -2.28. The molecule has 0 saturated carbocycles. The van der Waals surface area contributed by atoms with Crippen molar-refractivity contribution in [1.82, 2.24) is 10.1 Å². The summed E-state index contributed by atoms with van der Waals surface area (Å²) < 4.78 is 10.8. The number of halogens is 1. The molecule has 0 bridgehead atoms. The molecule has 0 N–H and O–H groups in total. The lowest BCUT2D eigenvalue weighted by Gasteiger charge is -2.13. The maximum absolute atomic E-state index is 12.6. The lowest BCUT2D eigenvalue weighted by molar-refractivity contribution is 0.0780. The minimum atomic E-state index is -0.118. The molecule has 122 valence electrons. The van der Waals surface area contributed by atoms with Gasteiger partial charge >= 0.3 is 0 Å². The molecule has 4 rings (SSSR count). The first-order chi connectivity index (χ1) is 11.7. The Morgan fingerprint density at radius 2 is 2.08 bits per heavy atom. The number of hydrogen-bond donors (Lipinski definition) is 0. The number of amides is 1. The highest BCUT2D eigenvalue weighted by Gasteiger charge is 2.30. The van der Waals surface area contributed by atoms with Gasteiger partial charge < -0.3 is 13.8 Å². The number of furan rings is 1. The quantitative estimate of drug-likeness (QED) is 0.715. The first-order valence-electron chi connectivity index (χ1n) is 7.76. The summed E-state index contributed by atoms with van der Waals surface area (Å²) in [4.78, 5) is 14.4. The zero-order valence-electron chi connectivity index (χ0n) is 12.8. The normalized spacial score (nSPS) is 17.4. The van der Waals surface area contributed by atoms with E-state index >= 15 is 0 Å². The van der Waals surface area contributed by atoms with Gasteiger partial charge in [-0.1, -0.05) is 16.8 Å². The molecule has 1 aromatic carbocycles. The standard InChI is InChI=1S/C18H15ClN2O3/c19-14-5-3-12(4-6-14)17-10-15(20-24-17)18(22)21-8-7-13(11-21)16-2-1-9-23-16/h1-6,9-10,13H,7-8,11H2. The van der Waals surface area contributed by atoms with Gasteiger partial charge in [-0.15, -0.1) is 0 Å². The fourth-order valence-electron chi connectivity index (χ4n) is 2.99. The second kappa shape index (κ2) is 6.17. The Hall–Kier alpha value is -2.53. The van der Waals surface area contributed by atoms with Gasteiger partial charge in [0.1, 0.15) is 5.76 Å². The number of nitrogens with zero attached hydrogens (tertiary/aromatic N) is 2. The Balaban J connectivity index is 1.48. The molecule has 3 aromatic rings. The molecule has 0 radical (unpaired) electrons. The molecule has 3 heterocycles. The topological polar surface area (TPSA) is 59.5 Å². The Morgan fingerprint density at radius 3 is 2.83 bits per heavy atom. The summed E-state index contributed by atoms with van der Waals surface area (Å²) in [6, 6.07) is 12.7. The van der Waals surface area contributed by atoms with Gasteiger partial charge in [-0.25, -0.2) is 0 Å². The summed E-state index contributed by atoms with van der Waals surface area (Å²) in [5.41, 5.74) is 1.15. The van der Waals surface area contributed by atoms with Gasteiger partial charge in [-0.3, -0.25) is 4.79 Å². The van der Waals surface area contributed by atoms with Gasteiger partial charge in [0, 0.05) is 35.7 Å². The first kappa shape index (κ1) is 15.0. The second-order valence-corrected chi connectivity index (χ2v) is 6.27. The van der Waals surface area contributed by atoms with Crippen LogP contribution in [-0.4, -0.2) is 29.1 Å². The molecule has 0 spiro atoms. The van der Waals surface area contributed by atoms with Crippen LogP contribution in [0.25, 0.3) is 11.3 Å². The highest BCUT2D eigenvalue weighted by atomic mass is 35.5. The number of hydrogen-bond acceptors (Lipinski definition) is 4. The number of carbonyl (C=O) groups excluding carboxylic acids is 1. The third kappa shape index (κ3) is 2.83. The van der Waals surface area contributed by atoms with Crippen LogP contribution in [-0.2, 0) is 0 Å². The van der Waals surface area contributed by atoms with E-state index in [-0.39, 0.29) is 11.8 Å². The Bertz CT molecular complexity index is 840. The van der Waals surface area contributed by atoms with E-state index in [1.165, 1.54) is 0 Å². The summed E-state index contributed by atoms with van der Waals surface area (Å²) in [5.74, 6) is 1.60. The van der Waals surface area contributed by atoms with Crippen LogP contribution in [0, 0.1) is 0 Å². The van der Waals surface area contributed by atoms with Gasteiger partial charge in [0.05, 0.1) is 6.26 Å². The minimum Gasteiger partial charge on any atom is -0.469 e. The van der Waals surface area contributed by atoms with Gasteiger partial charge in [0.25, 0.3) is 5.91 Å². The maximum Gasteiger partial charge on any atom is 0.276 e. The molecule has 1 saturated heterocycles. The van der Waals surface area contributed by atoms with Crippen LogP contribution in [0.3, 0.4) is 0 Å². The summed E-state index contributed by atoms with van der Waals surface area (Å²) in [6.45, 7) is 1.32. The summed E-state index contributed by atoms with van der Waals surface area (Å²) in [7, 11) is 0. The fourth-order valence-corrected chi connectivity index (χ4v) is 3.11. The van der Waals surface area contributed by atoms with Crippen LogP contribution in [0.1, 0.15) is 28.6 Å². The molecule has 2 aromatic heterocycles. The van der Waals surface area contributed by atoms with E-state index in [1.54, 1.807) is 29.4 Å². The van der Waals surface area contributed by atoms with E-state index < -0.39 is 0 Å². The van der Waals surface area contributed by atoms with Crippen LogP contribution in [0.5, 0.6) is 0 Å². The molecule has 5 nitrogen and oxygen atoms in total. The van der Waals surface area contributed by atoms with Gasteiger partial charge in [-0.2, -0.15) is 0 Å². The van der Waals surface area contributed by atoms with Gasteiger partial charge in [-0.05, 0) is 42.8 Å². The minimum absolute atomic E-state index is 0.118. The average molecular weight is 343 g/mol. The Morgan fingerprint density at radius 1 is 1.25 bits per heavy atom. The SMILES string of the molecule is O=C(c1cc(-c2ccc(Cl)cc2)on1)N1CCC(c2ccco2)C1. The van der Waals surface area contributed by atoms with Crippen molar-refractivity contribution >= 4 is 17.5 Å². The van der Waals surface area contributed by atoms with Gasteiger partial charge in [0.15, 0.2) is 11.5 Å². The molecule has 1 fully saturated rings. The Kier molecular flexibility index (Phi) is 3.86. The first-order valence-corrected chi connectivity index (χ1v) is 8.14. The van der Waals surface area contributed by atoms with Crippen molar-refractivity contribution in [1.29, 1.82) is 0 Å². The van der Waals surface area contributed by atoms with E-state index in [1.807, 2.05) is 24.3 Å². The summed E-state index contributed by atoms with van der Waals surface area (Å²) in [5, 5.41) is 4.57. The number of aromatic nitrogens is 1. The molecule has 24 heavy (non-hydrogen) atoms. The molecule has 1 amide bonds. The molecule has 1 atom stereocenters. The number of benzene rings is 1. The Labute approximate surface area is 143 Å². The average Bonchev–Trinajstić information content (AvgIpc) is 3.34. The van der Waals surface area contributed by atoms with Crippen LogP contribution in [0.15, 0.2) is 57.7 Å². The third-order valence-electron chi connectivity index (χ3n) is 4.28. The zero-order chi connectivity index (χ0) is 16.5. The van der Waals surface area contributed by atoms with Crippen LogP contribution < -0.4 is 0 Å². The molecule has 1 aliphatic rings. The van der Waals surface area contributed by atoms with Crippen molar-refractivity contribution in [3.63, 3.8) is 0 Å². The van der Waals surface area contributed by atoms with Gasteiger partial charge in [0.2, 0.25) is 0 Å². The van der Waals surface area contributed by atoms with E-state index in [9.17, 15) is 4.79 Å². The number of rotatable bonds is 3. The van der Waals surface area contributed by atoms with Crippen LogP contribution in [0.2, 0.25) is 5.02 Å². The summed E-state index contributed by atoms with van der Waals surface area (Å²) in [6.07, 6.45) is 2.55. The van der Waals surface area contributed by atoms with Crippen molar-refractivity contribution in [2.24, 2.45) is 0 Å². The summed E-state index contributed by atoms with van der Waals surface area (Å²) >= 11 is 5.88. The van der Waals surface area contributed by atoms with Crippen molar-refractivity contribution in [2.75, 3.05) is 13.1 Å². The largest absolute Gasteiger partial charge is 0.469 e. The van der Waals surface area contributed by atoms with E-state index in [2.05, 4.69) is 5.16 Å². The molecule has 1 unspecified atom stereocenters. The highest BCUT2D eigenvalue weighted by Crippen LogP contribution is 2.29. The zero-order valence-corrected chi connectivity index (χ0v) is 13.6. The smallest absolute Gasteiger partial charge is 0.276 e. The number of carbonyl (C=O) groups is 1. The monoisotopic (exact) mass is 342 g/mol. The lowest BCUT2D eigenvalue weighted by atomic mass is 10.1. The van der Waals surface area contributed by atoms with Crippen LogP contribution in [0.4, 0.5) is 0 Å². The third-order valence-corrected chi connectivity index (χ3v) is 4.53. The molecule has 0 aliphatic carbocycles. The maximum atomic E-state index is 12.6. The fraction of sp³-hybridized carbons (Fsp3) is 0.222. The van der Waals surface area contributed by atoms with E-state index in [0.717, 1.165) is 17.7 Å². The van der Waals surface area contributed by atoms with Crippen molar-refractivity contribution in [2.45, 2.75) is 12.3 Å². The predicted octanol–water partition coefficient (Wildman–Crippen LogP) is 4.22. The molecule has 6 heteroatoms. The number of likely N-dealkylation sites (tertiary alicyclic amines) is 1. The molecular weight excluding hydrogens is 328 g/mol. The van der Waals surface area contributed by atoms with Crippen LogP contribution >= 0.6 is 11.6 Å². The van der Waals surface area contributed by atoms with Crippen molar-refractivity contribution < 1.29 is 13.7 Å². The van der Waals surface area contributed by atoms with Crippen molar-refractivity contribution in [3.8, 4) is 11.3 Å². The molecule has 1 aliphatic heterocycles. The van der Waals surface area contributed by atoms with Crippen molar-refractivity contribution in [3.05, 3.63) is 65.2 Å². The second-order valence-electron chi connectivity index (χ2n) is 5.84. The van der Waals surface area contributed by atoms with E-state index in [4.69, 9.17) is 20.5 Å². The molecular formula is C18H15ClN2O3.